The average Bonchev–Trinajstić information content (AvgIpc) is 3.25. The van der Waals surface area contributed by atoms with E-state index >= 15 is 0 Å². The maximum absolute atomic E-state index is 12.5. The smallest absolute Gasteiger partial charge is 0.299 e. The van der Waals surface area contributed by atoms with Gasteiger partial charge < -0.3 is 14.6 Å². The minimum absolute atomic E-state index is 0.0721. The number of nitrogens with one attached hydrogen (secondary N) is 1. The first-order valence-electron chi connectivity index (χ1n) is 9.63. The Balaban J connectivity index is 1.49. The van der Waals surface area contributed by atoms with E-state index in [2.05, 4.69) is 15.3 Å². The molecule has 0 aliphatic heterocycles. The lowest BCUT2D eigenvalue weighted by Crippen LogP contribution is -2.25. The SMILES string of the molecule is Cc1ccc(N(C)CC(=O)c2ccccc2)cc1Nc1ncc(-c2ccncc2)o1. The molecule has 0 unspecified atom stereocenters. The Labute approximate surface area is 175 Å². The first-order valence-corrected chi connectivity index (χ1v) is 9.63. The highest BCUT2D eigenvalue weighted by molar-refractivity contribution is 5.99. The van der Waals surface area contributed by atoms with E-state index in [-0.39, 0.29) is 12.3 Å². The number of nitrogens with zero attached hydrogens (tertiary/aromatic N) is 3. The van der Waals surface area contributed by atoms with Crippen molar-refractivity contribution in [3.63, 3.8) is 0 Å². The van der Waals surface area contributed by atoms with Crippen LogP contribution in [0.2, 0.25) is 0 Å². The molecule has 0 atom stereocenters. The molecule has 2 heterocycles. The largest absolute Gasteiger partial charge is 0.423 e. The van der Waals surface area contributed by atoms with E-state index in [1.807, 2.05) is 79.5 Å². The van der Waals surface area contributed by atoms with Crippen LogP contribution in [-0.4, -0.2) is 29.3 Å². The molecule has 0 radical (unpaired) electrons. The zero-order valence-corrected chi connectivity index (χ0v) is 16.9. The number of rotatable bonds is 7. The van der Waals surface area contributed by atoms with Crippen LogP contribution in [0.15, 0.2) is 83.7 Å². The molecular formula is C24H22N4O2. The minimum atomic E-state index is 0.0721. The summed E-state index contributed by atoms with van der Waals surface area (Å²) in [7, 11) is 1.90. The predicted octanol–water partition coefficient (Wildman–Crippen LogP) is 5.11. The summed E-state index contributed by atoms with van der Waals surface area (Å²) in [6.07, 6.45) is 5.11. The molecule has 6 nitrogen and oxygen atoms in total. The van der Waals surface area contributed by atoms with Crippen molar-refractivity contribution in [2.45, 2.75) is 6.92 Å². The van der Waals surface area contributed by atoms with Crippen molar-refractivity contribution in [3.8, 4) is 11.3 Å². The fourth-order valence-electron chi connectivity index (χ4n) is 3.10. The fourth-order valence-corrected chi connectivity index (χ4v) is 3.10. The number of pyridine rings is 1. The van der Waals surface area contributed by atoms with E-state index in [4.69, 9.17) is 4.42 Å². The quantitative estimate of drug-likeness (QED) is 0.436. The number of hydrogen-bond donors (Lipinski definition) is 1. The van der Waals surface area contributed by atoms with Crippen molar-refractivity contribution < 1.29 is 9.21 Å². The molecule has 0 fully saturated rings. The third kappa shape index (κ3) is 4.38. The van der Waals surface area contributed by atoms with Gasteiger partial charge in [-0.3, -0.25) is 9.78 Å². The molecule has 1 N–H and O–H groups in total. The molecule has 0 amide bonds. The Kier molecular flexibility index (Phi) is 5.57. The number of oxazole rings is 1. The monoisotopic (exact) mass is 398 g/mol. The number of ketones is 1. The third-order valence-electron chi connectivity index (χ3n) is 4.85. The Hall–Kier alpha value is -3.93. The number of carbonyl (C=O) groups is 1. The third-order valence-corrected chi connectivity index (χ3v) is 4.85. The molecule has 0 saturated carbocycles. The van der Waals surface area contributed by atoms with Crippen molar-refractivity contribution in [1.29, 1.82) is 0 Å². The number of aryl methyl sites for hydroxylation is 1. The highest BCUT2D eigenvalue weighted by atomic mass is 16.4. The molecule has 0 aliphatic carbocycles. The lowest BCUT2D eigenvalue weighted by atomic mass is 10.1. The van der Waals surface area contributed by atoms with Crippen LogP contribution in [0.5, 0.6) is 0 Å². The average molecular weight is 398 g/mol. The van der Waals surface area contributed by atoms with E-state index < -0.39 is 0 Å². The van der Waals surface area contributed by atoms with Crippen LogP contribution >= 0.6 is 0 Å². The van der Waals surface area contributed by atoms with Gasteiger partial charge in [-0.25, -0.2) is 4.98 Å². The molecule has 0 bridgehead atoms. The van der Waals surface area contributed by atoms with E-state index in [1.54, 1.807) is 18.6 Å². The normalized spacial score (nSPS) is 10.6. The number of anilines is 3. The van der Waals surface area contributed by atoms with Crippen molar-refractivity contribution in [1.82, 2.24) is 9.97 Å². The Morgan fingerprint density at radius 3 is 2.60 bits per heavy atom. The Morgan fingerprint density at radius 2 is 1.83 bits per heavy atom. The van der Waals surface area contributed by atoms with Crippen LogP contribution in [0.1, 0.15) is 15.9 Å². The van der Waals surface area contributed by atoms with Gasteiger partial charge in [0.2, 0.25) is 0 Å². The summed E-state index contributed by atoms with van der Waals surface area (Å²) in [6, 6.07) is 19.5. The summed E-state index contributed by atoms with van der Waals surface area (Å²) in [6.45, 7) is 2.30. The van der Waals surface area contributed by atoms with Crippen LogP contribution < -0.4 is 10.2 Å². The maximum Gasteiger partial charge on any atom is 0.299 e. The molecular weight excluding hydrogens is 376 g/mol. The summed E-state index contributed by atoms with van der Waals surface area (Å²) >= 11 is 0. The standard InChI is InChI=1S/C24H22N4O2/c1-17-8-9-20(28(2)16-22(29)18-6-4-3-5-7-18)14-21(17)27-24-26-15-23(30-24)19-10-12-25-13-11-19/h3-15H,16H2,1-2H3,(H,26,27). The highest BCUT2D eigenvalue weighted by Gasteiger charge is 2.12. The zero-order valence-electron chi connectivity index (χ0n) is 16.9. The summed E-state index contributed by atoms with van der Waals surface area (Å²) in [5, 5.41) is 3.24. The first kappa shape index (κ1) is 19.4. The highest BCUT2D eigenvalue weighted by Crippen LogP contribution is 2.28. The zero-order chi connectivity index (χ0) is 20.9. The summed E-state index contributed by atoms with van der Waals surface area (Å²) < 4.78 is 5.83. The van der Waals surface area contributed by atoms with Crippen molar-refractivity contribution in [3.05, 3.63) is 90.4 Å². The second-order valence-corrected chi connectivity index (χ2v) is 7.04. The molecule has 0 spiro atoms. The van der Waals surface area contributed by atoms with Crippen LogP contribution in [0, 0.1) is 6.92 Å². The van der Waals surface area contributed by atoms with Gasteiger partial charge in [-0.1, -0.05) is 36.4 Å². The Morgan fingerprint density at radius 1 is 1.07 bits per heavy atom. The number of Topliss-reactive ketones (excluding diaryl/α,β-unsaturated/α-hetero) is 1. The van der Waals surface area contributed by atoms with E-state index in [0.717, 1.165) is 22.5 Å². The predicted molar refractivity (Wildman–Crippen MR) is 118 cm³/mol. The minimum Gasteiger partial charge on any atom is -0.423 e. The van der Waals surface area contributed by atoms with Crippen LogP contribution in [-0.2, 0) is 0 Å². The molecule has 4 aromatic rings. The molecule has 0 saturated heterocycles. The lowest BCUT2D eigenvalue weighted by molar-refractivity contribution is 0.100. The molecule has 0 aliphatic rings. The van der Waals surface area contributed by atoms with E-state index in [0.29, 0.717) is 17.3 Å². The molecule has 2 aromatic heterocycles. The van der Waals surface area contributed by atoms with Gasteiger partial charge in [-0.05, 0) is 36.8 Å². The second kappa shape index (κ2) is 8.61. The summed E-state index contributed by atoms with van der Waals surface area (Å²) in [5.41, 5.74) is 4.46. The Bertz CT molecular complexity index is 1140. The van der Waals surface area contributed by atoms with Gasteiger partial charge in [0.1, 0.15) is 0 Å². The van der Waals surface area contributed by atoms with Gasteiger partial charge in [-0.15, -0.1) is 0 Å². The van der Waals surface area contributed by atoms with Gasteiger partial charge in [0.15, 0.2) is 11.5 Å². The molecule has 6 heteroatoms. The van der Waals surface area contributed by atoms with Gasteiger partial charge in [0.25, 0.3) is 6.01 Å². The summed E-state index contributed by atoms with van der Waals surface area (Å²) in [5.74, 6) is 0.738. The van der Waals surface area contributed by atoms with Gasteiger partial charge in [-0.2, -0.15) is 0 Å². The van der Waals surface area contributed by atoms with E-state index in [1.165, 1.54) is 0 Å². The molecule has 4 rings (SSSR count). The molecule has 30 heavy (non-hydrogen) atoms. The van der Waals surface area contributed by atoms with Crippen molar-refractivity contribution >= 4 is 23.2 Å². The van der Waals surface area contributed by atoms with Crippen molar-refractivity contribution in [2.24, 2.45) is 0 Å². The van der Waals surface area contributed by atoms with Crippen LogP contribution in [0.3, 0.4) is 0 Å². The second-order valence-electron chi connectivity index (χ2n) is 7.04. The maximum atomic E-state index is 12.5. The van der Waals surface area contributed by atoms with E-state index in [9.17, 15) is 4.79 Å². The van der Waals surface area contributed by atoms with Crippen molar-refractivity contribution in [2.75, 3.05) is 23.8 Å². The fraction of sp³-hybridized carbons (Fsp3) is 0.125. The molecule has 150 valence electrons. The van der Waals surface area contributed by atoms with Crippen LogP contribution in [0.25, 0.3) is 11.3 Å². The number of carbonyl (C=O) groups excluding carboxylic acids is 1. The number of hydrogen-bond acceptors (Lipinski definition) is 6. The lowest BCUT2D eigenvalue weighted by Gasteiger charge is -2.20. The number of likely N-dealkylation sites (N-methyl/N-ethyl adjacent to an activating group) is 1. The molecule has 2 aromatic carbocycles. The van der Waals surface area contributed by atoms with Gasteiger partial charge in [0.05, 0.1) is 12.7 Å². The van der Waals surface area contributed by atoms with Crippen LogP contribution in [0.4, 0.5) is 17.4 Å². The van der Waals surface area contributed by atoms with Gasteiger partial charge in [0, 0.05) is 41.9 Å². The van der Waals surface area contributed by atoms with Gasteiger partial charge >= 0.3 is 0 Å². The first-order chi connectivity index (χ1) is 14.6. The number of aromatic nitrogens is 2. The summed E-state index contributed by atoms with van der Waals surface area (Å²) in [4.78, 5) is 22.8. The topological polar surface area (TPSA) is 71.3 Å². The number of benzene rings is 2.